The van der Waals surface area contributed by atoms with Gasteiger partial charge < -0.3 is 0 Å². The van der Waals surface area contributed by atoms with E-state index in [9.17, 15) is 0 Å². The zero-order chi connectivity index (χ0) is 33.2. The van der Waals surface area contributed by atoms with Crippen molar-refractivity contribution < 1.29 is 15.6 Å². The predicted molar refractivity (Wildman–Crippen MR) is 208 cm³/mol. The van der Waals surface area contributed by atoms with Gasteiger partial charge in [-0.25, -0.2) is 0 Å². The molecule has 4 heteroatoms. The second kappa shape index (κ2) is 14.0. The molecule has 0 spiro atoms. The molecule has 5 aromatic carbocycles. The van der Waals surface area contributed by atoms with Crippen LogP contribution in [0.5, 0.6) is 0 Å². The van der Waals surface area contributed by atoms with E-state index in [1.54, 1.807) is 0 Å². The molecule has 0 saturated carbocycles. The first kappa shape index (κ1) is 34.1. The summed E-state index contributed by atoms with van der Waals surface area (Å²) in [6.07, 6.45) is 6.82. The van der Waals surface area contributed by atoms with Crippen molar-refractivity contribution in [1.29, 1.82) is 0 Å². The minimum Gasteiger partial charge on any atom is -0.0622 e. The average molecular weight is 752 g/mol. The Hall–Kier alpha value is -2.74. The van der Waals surface area contributed by atoms with Crippen LogP contribution in [-0.2, 0) is 15.6 Å². The van der Waals surface area contributed by atoms with Crippen LogP contribution in [0.3, 0.4) is 0 Å². The van der Waals surface area contributed by atoms with Gasteiger partial charge in [0.15, 0.2) is 0 Å². The molecule has 0 bridgehead atoms. The van der Waals surface area contributed by atoms with Gasteiger partial charge in [-0.2, -0.15) is 0 Å². The molecule has 0 aliphatic heterocycles. The van der Waals surface area contributed by atoms with Gasteiger partial charge in [0.2, 0.25) is 0 Å². The van der Waals surface area contributed by atoms with E-state index in [1.807, 2.05) is 18.2 Å². The molecule has 2 unspecified atom stereocenters. The molecule has 47 heavy (non-hydrogen) atoms. The van der Waals surface area contributed by atoms with Crippen LogP contribution in [0.4, 0.5) is 0 Å². The Labute approximate surface area is 291 Å². The third-order valence-corrected chi connectivity index (χ3v) is 62.3. The van der Waals surface area contributed by atoms with Gasteiger partial charge in [0, 0.05) is 0 Å². The zero-order valence-electron chi connectivity index (χ0n) is 28.2. The number of fused-ring (bicyclic) bond motifs is 2. The number of hydrogen-bond donors (Lipinski definition) is 0. The number of halogens is 2. The molecule has 2 aliphatic carbocycles. The van der Waals surface area contributed by atoms with E-state index in [0.29, 0.717) is 0 Å². The fraction of sp³-hybridized carbons (Fsp3) is 0.209. The van der Waals surface area contributed by atoms with Crippen molar-refractivity contribution in [3.63, 3.8) is 0 Å². The van der Waals surface area contributed by atoms with Crippen LogP contribution >= 0.6 is 17.0 Å². The van der Waals surface area contributed by atoms with Crippen LogP contribution in [0.2, 0.25) is 13.1 Å². The summed E-state index contributed by atoms with van der Waals surface area (Å²) < 4.78 is 0.262. The fourth-order valence-corrected chi connectivity index (χ4v) is 39.7. The van der Waals surface area contributed by atoms with Crippen LogP contribution < -0.4 is 0 Å². The molecule has 0 aromatic heterocycles. The Morgan fingerprint density at radius 2 is 0.915 bits per heavy atom. The van der Waals surface area contributed by atoms with E-state index in [2.05, 4.69) is 155 Å². The maximum absolute atomic E-state index is 8.50. The molecule has 0 fully saturated rings. The van der Waals surface area contributed by atoms with Gasteiger partial charge in [0.1, 0.15) is 0 Å². The molecular formula is C43H45Cl2SiZr. The van der Waals surface area contributed by atoms with Crippen molar-refractivity contribution in [3.05, 3.63) is 166 Å². The summed E-state index contributed by atoms with van der Waals surface area (Å²) in [6, 6.07) is 45.4. The van der Waals surface area contributed by atoms with Crippen molar-refractivity contribution >= 4 is 35.1 Å². The Balaban J connectivity index is 0.000000491. The van der Waals surface area contributed by atoms with Crippen molar-refractivity contribution in [2.75, 3.05) is 0 Å². The van der Waals surface area contributed by atoms with Gasteiger partial charge in [-0.3, -0.25) is 0 Å². The summed E-state index contributed by atoms with van der Waals surface area (Å²) in [5.74, 6) is -1.56. The van der Waals surface area contributed by atoms with Gasteiger partial charge in [-0.1, -0.05) is 35.9 Å². The Morgan fingerprint density at radius 3 is 1.23 bits per heavy atom. The third kappa shape index (κ3) is 6.17. The van der Waals surface area contributed by atoms with Gasteiger partial charge in [0.05, 0.1) is 0 Å². The Kier molecular flexibility index (Phi) is 10.2. The molecule has 0 heterocycles. The fourth-order valence-electron chi connectivity index (χ4n) is 7.95. The number of hydrogen-bond acceptors (Lipinski definition) is 0. The monoisotopic (exact) mass is 749 g/mol. The number of allylic oxidation sites excluding steroid dienone is 2. The summed E-state index contributed by atoms with van der Waals surface area (Å²) in [7, 11) is 17.0. The molecule has 0 saturated heterocycles. The molecule has 239 valence electrons. The molecule has 7 rings (SSSR count). The third-order valence-electron chi connectivity index (χ3n) is 10.4. The minimum atomic E-state index is -4.70. The van der Waals surface area contributed by atoms with Crippen LogP contribution in [0.15, 0.2) is 139 Å². The van der Waals surface area contributed by atoms with Crippen molar-refractivity contribution in [3.8, 4) is 22.3 Å². The molecular weight excluding hydrogens is 707 g/mol. The van der Waals surface area contributed by atoms with E-state index in [1.165, 1.54) is 61.2 Å². The first-order valence-electron chi connectivity index (χ1n) is 17.0. The van der Waals surface area contributed by atoms with E-state index in [4.69, 9.17) is 17.0 Å². The van der Waals surface area contributed by atoms with Crippen LogP contribution in [0.1, 0.15) is 61.8 Å². The van der Waals surface area contributed by atoms with Gasteiger partial charge >= 0.3 is 250 Å². The molecule has 2 aliphatic rings. The average Bonchev–Trinajstić information content (AvgIpc) is 3.70. The first-order chi connectivity index (χ1) is 22.7. The summed E-state index contributed by atoms with van der Waals surface area (Å²) in [5, 5.41) is 0. The van der Waals surface area contributed by atoms with E-state index in [0.717, 1.165) is 12.8 Å². The SMILES string of the molecule is CCC1=Cc2c(-c3ccccc3)cccc2[CH]1[Zr]([Cl])([Cl])([CH]1C(CC)=Cc2c(-c3ccccc3)cccc21)[SiH](C)C.Cc1ccccc1. The molecule has 0 amide bonds. The van der Waals surface area contributed by atoms with E-state index < -0.39 is 21.5 Å². The maximum Gasteiger partial charge on any atom is -0.0398 e. The summed E-state index contributed by atoms with van der Waals surface area (Å²) >= 11 is -4.70. The van der Waals surface area contributed by atoms with Crippen LogP contribution in [0.25, 0.3) is 34.4 Å². The van der Waals surface area contributed by atoms with Crippen molar-refractivity contribution in [2.24, 2.45) is 0 Å². The largest absolute Gasteiger partial charge is 0.0622 e. The molecule has 0 radical (unpaired) electrons. The second-order valence-electron chi connectivity index (χ2n) is 13.4. The Bertz CT molecular complexity index is 1810. The first-order valence-corrected chi connectivity index (χ1v) is 33.4. The molecule has 2 atom stereocenters. The van der Waals surface area contributed by atoms with Crippen LogP contribution in [0, 0.1) is 6.92 Å². The minimum absolute atomic E-state index is 0.131. The second-order valence-corrected chi connectivity index (χ2v) is 55.9. The summed E-state index contributed by atoms with van der Waals surface area (Å²) in [5.41, 5.74) is 14.6. The van der Waals surface area contributed by atoms with E-state index in [-0.39, 0.29) is 7.25 Å². The predicted octanol–water partition coefficient (Wildman–Crippen LogP) is 13.4. The van der Waals surface area contributed by atoms with Crippen LogP contribution in [-0.4, -0.2) is 5.92 Å². The topological polar surface area (TPSA) is 0 Å². The van der Waals surface area contributed by atoms with Crippen molar-refractivity contribution in [2.45, 2.75) is 54.0 Å². The van der Waals surface area contributed by atoms with Crippen molar-refractivity contribution in [1.82, 2.24) is 0 Å². The Morgan fingerprint density at radius 1 is 0.532 bits per heavy atom. The standard InChI is InChI=1S/2C17H15.C7H8.C2H7Si.2ClH.Zr/c2*1-2-13-11-15-9-6-10-16(17(15)12-13)14-7-4-3-5-8-14;1-7-5-3-2-4-6-7;1-3-2;;;/h2*3-12H,2H2,1H3;2-6H,1H3;3H,1-2H3;2*1H;/q;;;;;;+2/p-2. The summed E-state index contributed by atoms with van der Waals surface area (Å²) in [6.45, 7) is 11.5. The summed E-state index contributed by atoms with van der Waals surface area (Å²) in [4.78, 5) is 0. The van der Waals surface area contributed by atoms with Gasteiger partial charge in [-0.05, 0) is 6.92 Å². The molecule has 5 aromatic rings. The number of aryl methyl sites for hydroxylation is 1. The number of benzene rings is 5. The normalized spacial score (nSPS) is 17.5. The van der Waals surface area contributed by atoms with Gasteiger partial charge in [-0.15, -0.1) is 0 Å². The maximum atomic E-state index is 8.50. The number of rotatable bonds is 7. The smallest absolute Gasteiger partial charge is 0.0398 e. The molecule has 0 nitrogen and oxygen atoms in total. The zero-order valence-corrected chi connectivity index (χ0v) is 33.3. The van der Waals surface area contributed by atoms with Gasteiger partial charge in [0.25, 0.3) is 0 Å². The molecule has 0 N–H and O–H groups in total. The quantitative estimate of drug-likeness (QED) is 0.145. The van der Waals surface area contributed by atoms with E-state index >= 15 is 0 Å².